The van der Waals surface area contributed by atoms with Crippen LogP contribution in [-0.2, 0) is 6.18 Å². The van der Waals surface area contributed by atoms with Crippen LogP contribution < -0.4 is 0 Å². The number of rotatable bonds is 3. The highest BCUT2D eigenvalue weighted by atomic mass is 79.9. The first-order chi connectivity index (χ1) is 8.23. The van der Waals surface area contributed by atoms with Crippen molar-refractivity contribution in [2.24, 2.45) is 0 Å². The lowest BCUT2D eigenvalue weighted by Crippen LogP contribution is -2.32. The maximum Gasteiger partial charge on any atom is 0.417 e. The highest BCUT2D eigenvalue weighted by Gasteiger charge is 2.35. The zero-order valence-corrected chi connectivity index (χ0v) is 11.5. The van der Waals surface area contributed by atoms with E-state index in [4.69, 9.17) is 0 Å². The number of alkyl halides is 4. The van der Waals surface area contributed by atoms with Gasteiger partial charge in [0.1, 0.15) is 0 Å². The van der Waals surface area contributed by atoms with Crippen molar-refractivity contribution in [1.29, 1.82) is 0 Å². The van der Waals surface area contributed by atoms with Gasteiger partial charge >= 0.3 is 6.18 Å². The number of halogens is 4. The molecule has 2 nitrogen and oxygen atoms in total. The van der Waals surface area contributed by atoms with E-state index in [9.17, 15) is 18.0 Å². The van der Waals surface area contributed by atoms with Crippen molar-refractivity contribution in [2.75, 3.05) is 13.6 Å². The molecule has 0 aliphatic rings. The molecule has 6 heteroatoms. The van der Waals surface area contributed by atoms with E-state index in [1.54, 1.807) is 0 Å². The van der Waals surface area contributed by atoms with Gasteiger partial charge in [-0.1, -0.05) is 35.0 Å². The highest BCUT2D eigenvalue weighted by molar-refractivity contribution is 9.09. The molecule has 1 atom stereocenters. The van der Waals surface area contributed by atoms with E-state index >= 15 is 0 Å². The van der Waals surface area contributed by atoms with E-state index in [0.717, 1.165) is 6.07 Å². The van der Waals surface area contributed by atoms with Crippen molar-refractivity contribution >= 4 is 21.8 Å². The Morgan fingerprint density at radius 3 is 2.44 bits per heavy atom. The third-order valence-electron chi connectivity index (χ3n) is 2.34. The zero-order chi connectivity index (χ0) is 13.9. The van der Waals surface area contributed by atoms with E-state index in [1.807, 2.05) is 6.92 Å². The summed E-state index contributed by atoms with van der Waals surface area (Å²) in [5.74, 6) is -0.630. The largest absolute Gasteiger partial charge is 0.417 e. The normalized spacial score (nSPS) is 13.2. The SMILES string of the molecule is CC(Br)CN(C)C(=O)c1ccccc1C(F)(F)F. The molecule has 0 saturated carbocycles. The Labute approximate surface area is 112 Å². The summed E-state index contributed by atoms with van der Waals surface area (Å²) in [6.45, 7) is 2.16. The Morgan fingerprint density at radius 2 is 1.94 bits per heavy atom. The Balaban J connectivity index is 3.06. The predicted octanol–water partition coefficient (Wildman–Crippen LogP) is 3.56. The number of hydrogen-bond donors (Lipinski definition) is 0. The van der Waals surface area contributed by atoms with Crippen LogP contribution in [0.5, 0.6) is 0 Å². The second kappa shape index (κ2) is 5.73. The quantitative estimate of drug-likeness (QED) is 0.779. The molecule has 0 aliphatic carbocycles. The number of hydrogen-bond acceptors (Lipinski definition) is 1. The maximum absolute atomic E-state index is 12.8. The highest BCUT2D eigenvalue weighted by Crippen LogP contribution is 2.32. The lowest BCUT2D eigenvalue weighted by Gasteiger charge is -2.20. The molecule has 100 valence electrons. The average Bonchev–Trinajstić information content (AvgIpc) is 2.26. The topological polar surface area (TPSA) is 20.3 Å². The van der Waals surface area contributed by atoms with Crippen LogP contribution in [0.4, 0.5) is 13.2 Å². The number of amides is 1. The molecule has 18 heavy (non-hydrogen) atoms. The van der Waals surface area contributed by atoms with Crippen molar-refractivity contribution < 1.29 is 18.0 Å². The van der Waals surface area contributed by atoms with Gasteiger partial charge in [-0.25, -0.2) is 0 Å². The summed E-state index contributed by atoms with van der Waals surface area (Å²) in [5.41, 5.74) is -1.22. The number of carbonyl (C=O) groups is 1. The smallest absolute Gasteiger partial charge is 0.341 e. The monoisotopic (exact) mass is 323 g/mol. The summed E-state index contributed by atoms with van der Waals surface area (Å²) >= 11 is 3.26. The minimum atomic E-state index is -4.52. The molecule has 0 radical (unpaired) electrons. The zero-order valence-electron chi connectivity index (χ0n) is 9.96. The molecule has 1 unspecified atom stereocenters. The van der Waals surface area contributed by atoms with Crippen LogP contribution in [0.3, 0.4) is 0 Å². The van der Waals surface area contributed by atoms with Gasteiger partial charge in [0.05, 0.1) is 11.1 Å². The van der Waals surface area contributed by atoms with Gasteiger partial charge in [-0.15, -0.1) is 0 Å². The molecular weight excluding hydrogens is 311 g/mol. The molecule has 0 spiro atoms. The van der Waals surface area contributed by atoms with Crippen molar-refractivity contribution in [3.63, 3.8) is 0 Å². The van der Waals surface area contributed by atoms with Gasteiger partial charge in [0.25, 0.3) is 5.91 Å². The van der Waals surface area contributed by atoms with Crippen LogP contribution in [0.1, 0.15) is 22.8 Å². The maximum atomic E-state index is 12.8. The van der Waals surface area contributed by atoms with Gasteiger partial charge in [-0.05, 0) is 12.1 Å². The summed E-state index contributed by atoms with van der Waals surface area (Å²) in [6, 6.07) is 4.81. The summed E-state index contributed by atoms with van der Waals surface area (Å²) in [6.07, 6.45) is -4.52. The Hall–Kier alpha value is -1.04. The Kier molecular flexibility index (Phi) is 4.78. The first-order valence-electron chi connectivity index (χ1n) is 5.29. The summed E-state index contributed by atoms with van der Waals surface area (Å²) in [7, 11) is 1.48. The molecule has 0 heterocycles. The summed E-state index contributed by atoms with van der Waals surface area (Å²) in [5, 5.41) is 0. The lowest BCUT2D eigenvalue weighted by atomic mass is 10.1. The van der Waals surface area contributed by atoms with Crippen LogP contribution in [-0.4, -0.2) is 29.2 Å². The number of carbonyl (C=O) groups excluding carboxylic acids is 1. The predicted molar refractivity (Wildman–Crippen MR) is 66.8 cm³/mol. The molecule has 0 aromatic heterocycles. The average molecular weight is 324 g/mol. The molecule has 0 bridgehead atoms. The minimum absolute atomic E-state index is 0.0181. The van der Waals surface area contributed by atoms with Crippen LogP contribution >= 0.6 is 15.9 Å². The van der Waals surface area contributed by atoms with E-state index in [-0.39, 0.29) is 10.4 Å². The first kappa shape index (κ1) is 15.0. The third-order valence-corrected chi connectivity index (χ3v) is 2.62. The molecule has 0 aliphatic heterocycles. The van der Waals surface area contributed by atoms with Crippen molar-refractivity contribution in [3.8, 4) is 0 Å². The molecule has 1 aromatic rings. The van der Waals surface area contributed by atoms with Gasteiger partial charge in [0.15, 0.2) is 0 Å². The fraction of sp³-hybridized carbons (Fsp3) is 0.417. The van der Waals surface area contributed by atoms with Crippen molar-refractivity contribution in [2.45, 2.75) is 17.9 Å². The number of nitrogens with zero attached hydrogens (tertiary/aromatic N) is 1. The van der Waals surface area contributed by atoms with Gasteiger partial charge in [0, 0.05) is 18.4 Å². The summed E-state index contributed by atoms with van der Waals surface area (Å²) in [4.78, 5) is 13.2. The molecule has 1 amide bonds. The standard InChI is InChI=1S/C12H13BrF3NO/c1-8(13)7-17(2)11(18)9-5-3-4-6-10(9)12(14,15)16/h3-6,8H,7H2,1-2H3. The van der Waals surface area contributed by atoms with E-state index in [0.29, 0.717) is 6.54 Å². The second-order valence-electron chi connectivity index (χ2n) is 4.01. The van der Waals surface area contributed by atoms with Gasteiger partial charge in [-0.3, -0.25) is 4.79 Å². The minimum Gasteiger partial charge on any atom is -0.341 e. The number of benzene rings is 1. The Morgan fingerprint density at radius 1 is 1.39 bits per heavy atom. The van der Waals surface area contributed by atoms with Crippen LogP contribution in [0.15, 0.2) is 24.3 Å². The van der Waals surface area contributed by atoms with Crippen LogP contribution in [0, 0.1) is 0 Å². The first-order valence-corrected chi connectivity index (χ1v) is 6.20. The third kappa shape index (κ3) is 3.73. The van der Waals surface area contributed by atoms with E-state index in [1.165, 1.54) is 30.1 Å². The molecule has 1 aromatic carbocycles. The molecular formula is C12H13BrF3NO. The fourth-order valence-corrected chi connectivity index (χ4v) is 2.02. The molecule has 0 fully saturated rings. The Bertz CT molecular complexity index is 432. The lowest BCUT2D eigenvalue weighted by molar-refractivity contribution is -0.138. The molecule has 0 saturated heterocycles. The van der Waals surface area contributed by atoms with Crippen LogP contribution in [0.2, 0.25) is 0 Å². The van der Waals surface area contributed by atoms with Gasteiger partial charge in [-0.2, -0.15) is 13.2 Å². The van der Waals surface area contributed by atoms with Gasteiger partial charge < -0.3 is 4.90 Å². The second-order valence-corrected chi connectivity index (χ2v) is 5.57. The van der Waals surface area contributed by atoms with E-state index in [2.05, 4.69) is 15.9 Å². The van der Waals surface area contributed by atoms with E-state index < -0.39 is 17.6 Å². The fourth-order valence-electron chi connectivity index (χ4n) is 1.58. The van der Waals surface area contributed by atoms with Crippen molar-refractivity contribution in [1.82, 2.24) is 4.90 Å². The summed E-state index contributed by atoms with van der Waals surface area (Å²) < 4.78 is 38.3. The van der Waals surface area contributed by atoms with Crippen molar-refractivity contribution in [3.05, 3.63) is 35.4 Å². The molecule has 0 N–H and O–H groups in total. The van der Waals surface area contributed by atoms with Crippen LogP contribution in [0.25, 0.3) is 0 Å². The van der Waals surface area contributed by atoms with Gasteiger partial charge in [0.2, 0.25) is 0 Å². The molecule has 1 rings (SSSR count).